The fourth-order valence-electron chi connectivity index (χ4n) is 1.26. The summed E-state index contributed by atoms with van der Waals surface area (Å²) >= 11 is 0. The molecule has 0 radical (unpaired) electrons. The van der Waals surface area contributed by atoms with Crippen LogP contribution in [-0.2, 0) is 26.6 Å². The maximum Gasteiger partial charge on any atom is 0.341 e. The van der Waals surface area contributed by atoms with Crippen LogP contribution in [0.5, 0.6) is 0 Å². The molecular formula is C9H13N3O6S. The second-order valence-corrected chi connectivity index (χ2v) is 5.22. The summed E-state index contributed by atoms with van der Waals surface area (Å²) in [6.07, 6.45) is 1.00. The second-order valence-electron chi connectivity index (χ2n) is 3.50. The van der Waals surface area contributed by atoms with E-state index in [1.54, 1.807) is 6.92 Å². The Hall–Kier alpha value is -2.10. The molecule has 19 heavy (non-hydrogen) atoms. The average Bonchev–Trinajstić information content (AvgIpc) is 2.59. The lowest BCUT2D eigenvalue weighted by Gasteiger charge is -2.08. The summed E-state index contributed by atoms with van der Waals surface area (Å²) in [5.74, 6) is -3.38. The van der Waals surface area contributed by atoms with Crippen LogP contribution in [0.4, 0.5) is 5.82 Å². The van der Waals surface area contributed by atoms with Crippen LogP contribution in [-0.4, -0.2) is 47.6 Å². The maximum absolute atomic E-state index is 11.7. The zero-order valence-electron chi connectivity index (χ0n) is 10.3. The first kappa shape index (κ1) is 15.0. The summed E-state index contributed by atoms with van der Waals surface area (Å²) in [4.78, 5) is 22.0. The molecule has 0 aliphatic heterocycles. The van der Waals surface area contributed by atoms with Gasteiger partial charge in [0.2, 0.25) is 10.0 Å². The van der Waals surface area contributed by atoms with Gasteiger partial charge < -0.3 is 9.84 Å². The van der Waals surface area contributed by atoms with Crippen molar-refractivity contribution in [1.29, 1.82) is 0 Å². The highest BCUT2D eigenvalue weighted by molar-refractivity contribution is 7.93. The van der Waals surface area contributed by atoms with Gasteiger partial charge in [0.05, 0.1) is 12.8 Å². The number of aromatic carboxylic acids is 1. The molecule has 0 fully saturated rings. The van der Waals surface area contributed by atoms with Gasteiger partial charge in [-0.15, -0.1) is 0 Å². The highest BCUT2D eigenvalue weighted by Crippen LogP contribution is 2.15. The maximum atomic E-state index is 11.7. The molecule has 1 heterocycles. The molecule has 0 amide bonds. The monoisotopic (exact) mass is 291 g/mol. The van der Waals surface area contributed by atoms with Crippen molar-refractivity contribution in [2.24, 2.45) is 7.05 Å². The second kappa shape index (κ2) is 5.69. The van der Waals surface area contributed by atoms with Crippen molar-refractivity contribution in [2.45, 2.75) is 6.92 Å². The van der Waals surface area contributed by atoms with E-state index >= 15 is 0 Å². The molecule has 1 rings (SSSR count). The van der Waals surface area contributed by atoms with Crippen LogP contribution in [0.15, 0.2) is 6.20 Å². The first-order valence-electron chi connectivity index (χ1n) is 5.18. The number of hydrogen-bond acceptors (Lipinski definition) is 6. The molecule has 2 N–H and O–H groups in total. The minimum Gasteiger partial charge on any atom is -0.477 e. The van der Waals surface area contributed by atoms with E-state index in [0.29, 0.717) is 0 Å². The zero-order chi connectivity index (χ0) is 14.6. The first-order valence-corrected chi connectivity index (χ1v) is 6.83. The van der Waals surface area contributed by atoms with Gasteiger partial charge in [-0.25, -0.2) is 13.2 Å². The predicted molar refractivity (Wildman–Crippen MR) is 64.2 cm³/mol. The molecule has 0 aromatic carbocycles. The van der Waals surface area contributed by atoms with Gasteiger partial charge in [0, 0.05) is 7.05 Å². The third kappa shape index (κ3) is 3.95. The topological polar surface area (TPSA) is 128 Å². The van der Waals surface area contributed by atoms with Crippen molar-refractivity contribution in [3.8, 4) is 0 Å². The Kier molecular flexibility index (Phi) is 4.48. The van der Waals surface area contributed by atoms with Crippen LogP contribution in [0.2, 0.25) is 0 Å². The van der Waals surface area contributed by atoms with E-state index in [0.717, 1.165) is 10.9 Å². The van der Waals surface area contributed by atoms with E-state index in [-0.39, 0.29) is 18.0 Å². The summed E-state index contributed by atoms with van der Waals surface area (Å²) in [6.45, 7) is 1.60. The summed E-state index contributed by atoms with van der Waals surface area (Å²) in [5.41, 5.74) is -0.310. The molecule has 0 bridgehead atoms. The quantitative estimate of drug-likeness (QED) is 0.671. The van der Waals surface area contributed by atoms with E-state index in [1.165, 1.54) is 7.05 Å². The van der Waals surface area contributed by atoms with E-state index < -0.39 is 27.7 Å². The number of esters is 1. The minimum atomic E-state index is -4.05. The van der Waals surface area contributed by atoms with E-state index in [2.05, 4.69) is 9.84 Å². The lowest BCUT2D eigenvalue weighted by molar-refractivity contribution is -0.139. The van der Waals surface area contributed by atoms with E-state index in [9.17, 15) is 18.0 Å². The van der Waals surface area contributed by atoms with Crippen LogP contribution in [0.3, 0.4) is 0 Å². The lowest BCUT2D eigenvalue weighted by atomic mass is 10.3. The molecule has 106 valence electrons. The van der Waals surface area contributed by atoms with E-state index in [1.807, 2.05) is 4.72 Å². The summed E-state index contributed by atoms with van der Waals surface area (Å²) < 4.78 is 30.9. The number of ether oxygens (including phenoxy) is 1. The first-order chi connectivity index (χ1) is 8.76. The van der Waals surface area contributed by atoms with Crippen LogP contribution in [0.25, 0.3) is 0 Å². The van der Waals surface area contributed by atoms with Crippen LogP contribution >= 0.6 is 0 Å². The standard InChI is InChI=1S/C9H13N3O6S/c1-3-18-7(13)5-19(16,17)11-8-6(9(14)15)4-10-12(8)2/h4,11H,3,5H2,1-2H3,(H,14,15). The van der Waals surface area contributed by atoms with Gasteiger partial charge >= 0.3 is 11.9 Å². The van der Waals surface area contributed by atoms with Crippen molar-refractivity contribution in [3.05, 3.63) is 11.8 Å². The number of carbonyl (C=O) groups excluding carboxylic acids is 1. The van der Waals surface area contributed by atoms with Crippen molar-refractivity contribution >= 4 is 27.8 Å². The molecule has 0 unspecified atom stereocenters. The predicted octanol–water partition coefficient (Wildman–Crippen LogP) is -0.577. The summed E-state index contributed by atoms with van der Waals surface area (Å²) in [6, 6.07) is 0. The van der Waals surface area contributed by atoms with Crippen LogP contribution in [0, 0.1) is 0 Å². The molecule has 1 aromatic heterocycles. The van der Waals surface area contributed by atoms with Crippen LogP contribution < -0.4 is 4.72 Å². The Morgan fingerprint density at radius 3 is 2.68 bits per heavy atom. The molecule has 1 aromatic rings. The van der Waals surface area contributed by atoms with Gasteiger partial charge in [-0.1, -0.05) is 0 Å². The van der Waals surface area contributed by atoms with E-state index in [4.69, 9.17) is 5.11 Å². The van der Waals surface area contributed by atoms with Gasteiger partial charge in [0.1, 0.15) is 5.56 Å². The Labute approximate surface area is 109 Å². The smallest absolute Gasteiger partial charge is 0.341 e. The third-order valence-electron chi connectivity index (χ3n) is 2.03. The normalized spacial score (nSPS) is 11.1. The Morgan fingerprint density at radius 2 is 2.16 bits per heavy atom. The number of nitrogens with one attached hydrogen (secondary N) is 1. The minimum absolute atomic E-state index is 0.0560. The zero-order valence-corrected chi connectivity index (χ0v) is 11.1. The number of aromatic nitrogens is 2. The lowest BCUT2D eigenvalue weighted by Crippen LogP contribution is -2.26. The van der Waals surface area contributed by atoms with Crippen molar-refractivity contribution in [3.63, 3.8) is 0 Å². The molecule has 0 spiro atoms. The summed E-state index contributed by atoms with van der Waals surface area (Å²) in [5, 5.41) is 12.5. The number of anilines is 1. The number of rotatable bonds is 6. The Balaban J connectivity index is 2.93. The third-order valence-corrected chi connectivity index (χ3v) is 3.15. The van der Waals surface area contributed by atoms with Crippen LogP contribution in [0.1, 0.15) is 17.3 Å². The fourth-order valence-corrected chi connectivity index (χ4v) is 2.26. The molecule has 10 heteroatoms. The van der Waals surface area contributed by atoms with Crippen molar-refractivity contribution in [2.75, 3.05) is 17.1 Å². The van der Waals surface area contributed by atoms with Gasteiger partial charge in [-0.2, -0.15) is 5.10 Å². The molecule has 9 nitrogen and oxygen atoms in total. The number of nitrogens with zero attached hydrogens (tertiary/aromatic N) is 2. The van der Waals surface area contributed by atoms with Gasteiger partial charge in [-0.3, -0.25) is 14.2 Å². The largest absolute Gasteiger partial charge is 0.477 e. The SMILES string of the molecule is CCOC(=O)CS(=O)(=O)Nc1c(C(=O)O)cnn1C. The van der Waals surface area contributed by atoms with Gasteiger partial charge in [0.15, 0.2) is 11.6 Å². The average molecular weight is 291 g/mol. The number of carboxylic acid groups (broad SMARTS) is 1. The summed E-state index contributed by atoms with van der Waals surface area (Å²) in [7, 11) is -2.68. The molecule has 0 saturated carbocycles. The highest BCUT2D eigenvalue weighted by Gasteiger charge is 2.23. The van der Waals surface area contributed by atoms with Gasteiger partial charge in [-0.05, 0) is 6.92 Å². The Bertz CT molecular complexity index is 591. The Morgan fingerprint density at radius 1 is 1.53 bits per heavy atom. The number of aryl methyl sites for hydroxylation is 1. The van der Waals surface area contributed by atoms with Crippen molar-refractivity contribution < 1.29 is 27.9 Å². The number of hydrogen-bond donors (Lipinski definition) is 2. The number of carboxylic acids is 1. The van der Waals surface area contributed by atoms with Gasteiger partial charge in [0.25, 0.3) is 0 Å². The molecule has 0 aliphatic rings. The molecular weight excluding hydrogens is 278 g/mol. The fraction of sp³-hybridized carbons (Fsp3) is 0.444. The molecule has 0 aliphatic carbocycles. The molecule has 0 atom stereocenters. The number of sulfonamides is 1. The number of carbonyl (C=O) groups is 2. The van der Waals surface area contributed by atoms with Crippen molar-refractivity contribution in [1.82, 2.24) is 9.78 Å². The highest BCUT2D eigenvalue weighted by atomic mass is 32.2. The molecule has 0 saturated heterocycles.